The van der Waals surface area contributed by atoms with Crippen molar-refractivity contribution in [2.75, 3.05) is 0 Å². The number of aromatic nitrogens is 5. The van der Waals surface area contributed by atoms with E-state index < -0.39 is 23.4 Å². The second-order valence-electron chi connectivity index (χ2n) is 11.6. The molecule has 206 valence electrons. The number of hydrogen-bond acceptors (Lipinski definition) is 7. The smallest absolute Gasteiger partial charge is 0.435 e. The summed E-state index contributed by atoms with van der Waals surface area (Å²) in [5, 5.41) is 10.4. The molecule has 0 unspecified atom stereocenters. The Bertz CT molecular complexity index is 1790. The number of carbonyl (C=O) groups excluding carboxylic acids is 3. The number of fused-ring (bicyclic) bond motifs is 2. The van der Waals surface area contributed by atoms with Gasteiger partial charge in [0.1, 0.15) is 23.2 Å². The fourth-order valence-corrected chi connectivity index (χ4v) is 4.47. The van der Waals surface area contributed by atoms with E-state index in [9.17, 15) is 14.4 Å². The van der Waals surface area contributed by atoms with Gasteiger partial charge in [0.15, 0.2) is 0 Å². The van der Waals surface area contributed by atoms with Gasteiger partial charge in [-0.15, -0.1) is 0 Å². The monoisotopic (exact) mass is 541 g/mol. The molecule has 2 aromatic carbocycles. The minimum Gasteiger partial charge on any atom is -0.443 e. The fraction of sp³-hybridized carbons (Fsp3) is 0.300. The largest absolute Gasteiger partial charge is 0.443 e. The lowest BCUT2D eigenvalue weighted by molar-refractivity contribution is 0.0520. The standard InChI is InChI=1S/C30H31N5O5/c1-29(2,3)39-27(37)34-23-10-8-18(17-36)14-20(23)16-25(34)26-21-15-19(22-12-13-33(7)31-22)9-11-24(21)35(32-26)28(38)40-30(4,5)6/h8-17H,1-7H3. The molecule has 5 aromatic rings. The van der Waals surface area contributed by atoms with Gasteiger partial charge in [0.05, 0.1) is 22.4 Å². The van der Waals surface area contributed by atoms with Crippen molar-refractivity contribution in [3.63, 3.8) is 0 Å². The zero-order valence-corrected chi connectivity index (χ0v) is 23.6. The van der Waals surface area contributed by atoms with Gasteiger partial charge in [0.2, 0.25) is 0 Å². The predicted molar refractivity (Wildman–Crippen MR) is 152 cm³/mol. The van der Waals surface area contributed by atoms with Crippen LogP contribution >= 0.6 is 0 Å². The number of carbonyl (C=O) groups is 3. The van der Waals surface area contributed by atoms with Gasteiger partial charge in [-0.3, -0.25) is 9.48 Å². The van der Waals surface area contributed by atoms with Gasteiger partial charge in [0, 0.05) is 35.1 Å². The number of rotatable bonds is 3. The average molecular weight is 542 g/mol. The van der Waals surface area contributed by atoms with E-state index in [4.69, 9.17) is 9.47 Å². The topological polar surface area (TPSA) is 110 Å². The third-order valence-corrected chi connectivity index (χ3v) is 6.04. The summed E-state index contributed by atoms with van der Waals surface area (Å²) in [6.45, 7) is 10.7. The molecule has 0 atom stereocenters. The molecule has 0 saturated heterocycles. The molecule has 0 radical (unpaired) electrons. The van der Waals surface area contributed by atoms with Gasteiger partial charge in [0.25, 0.3) is 0 Å². The summed E-state index contributed by atoms with van der Waals surface area (Å²) in [5.41, 5.74) is 2.30. The predicted octanol–water partition coefficient (Wildman–Crippen LogP) is 6.44. The van der Waals surface area contributed by atoms with E-state index in [2.05, 4.69) is 10.2 Å². The lowest BCUT2D eigenvalue weighted by Gasteiger charge is -2.20. The van der Waals surface area contributed by atoms with Crippen LogP contribution in [0.5, 0.6) is 0 Å². The minimum absolute atomic E-state index is 0.369. The number of hydrogen-bond donors (Lipinski definition) is 0. The molecule has 0 bridgehead atoms. The summed E-state index contributed by atoms with van der Waals surface area (Å²) >= 11 is 0. The molecule has 10 heteroatoms. The van der Waals surface area contributed by atoms with E-state index in [1.54, 1.807) is 76.6 Å². The molecule has 0 amide bonds. The van der Waals surface area contributed by atoms with Crippen LogP contribution in [0.1, 0.15) is 51.9 Å². The highest BCUT2D eigenvalue weighted by atomic mass is 16.6. The summed E-state index contributed by atoms with van der Waals surface area (Å²) in [7, 11) is 1.83. The SMILES string of the molecule is Cn1ccc(-c2ccc3c(c2)c(-c2cc4cc(C=O)ccc4n2C(=O)OC(C)(C)C)nn3C(=O)OC(C)(C)C)n1. The highest BCUT2D eigenvalue weighted by Crippen LogP contribution is 2.36. The van der Waals surface area contributed by atoms with Crippen LogP contribution in [0.15, 0.2) is 54.7 Å². The lowest BCUT2D eigenvalue weighted by Crippen LogP contribution is -2.28. The van der Waals surface area contributed by atoms with Crippen molar-refractivity contribution in [1.29, 1.82) is 0 Å². The molecule has 0 N–H and O–H groups in total. The molecule has 0 aliphatic rings. The Morgan fingerprint density at radius 1 is 0.825 bits per heavy atom. The van der Waals surface area contributed by atoms with Gasteiger partial charge in [-0.25, -0.2) is 14.2 Å². The molecule has 0 saturated carbocycles. The van der Waals surface area contributed by atoms with Crippen LogP contribution in [-0.4, -0.2) is 53.8 Å². The first-order valence-electron chi connectivity index (χ1n) is 12.8. The van der Waals surface area contributed by atoms with Crippen LogP contribution in [0.4, 0.5) is 9.59 Å². The Hall–Kier alpha value is -4.73. The summed E-state index contributed by atoms with van der Waals surface area (Å²) in [4.78, 5) is 38.3. The Kier molecular flexibility index (Phi) is 6.36. The van der Waals surface area contributed by atoms with Crippen molar-refractivity contribution in [2.24, 2.45) is 7.05 Å². The van der Waals surface area contributed by atoms with Crippen LogP contribution in [0, 0.1) is 0 Å². The second-order valence-corrected chi connectivity index (χ2v) is 11.6. The van der Waals surface area contributed by atoms with Crippen molar-refractivity contribution >= 4 is 40.3 Å². The fourth-order valence-electron chi connectivity index (χ4n) is 4.47. The Morgan fingerprint density at radius 2 is 1.50 bits per heavy atom. The summed E-state index contributed by atoms with van der Waals surface area (Å²) in [6.07, 6.45) is 1.32. The molecule has 0 spiro atoms. The third kappa shape index (κ3) is 5.12. The molecule has 0 aliphatic carbocycles. The van der Waals surface area contributed by atoms with Gasteiger partial charge in [-0.2, -0.15) is 14.9 Å². The first-order valence-corrected chi connectivity index (χ1v) is 12.8. The van der Waals surface area contributed by atoms with Crippen LogP contribution in [0.3, 0.4) is 0 Å². The second kappa shape index (κ2) is 9.48. The zero-order valence-electron chi connectivity index (χ0n) is 23.6. The normalized spacial score (nSPS) is 12.2. The average Bonchev–Trinajstić information content (AvgIpc) is 3.55. The molecule has 5 rings (SSSR count). The van der Waals surface area contributed by atoms with Gasteiger partial charge in [-0.1, -0.05) is 6.07 Å². The lowest BCUT2D eigenvalue weighted by atomic mass is 10.1. The van der Waals surface area contributed by atoms with Crippen molar-refractivity contribution in [3.8, 4) is 22.6 Å². The Balaban J connectivity index is 1.81. The maximum Gasteiger partial charge on any atom is 0.435 e. The van der Waals surface area contributed by atoms with E-state index in [1.165, 1.54) is 9.25 Å². The zero-order chi connectivity index (χ0) is 29.0. The van der Waals surface area contributed by atoms with Crippen molar-refractivity contribution < 1.29 is 23.9 Å². The van der Waals surface area contributed by atoms with E-state index in [0.29, 0.717) is 38.8 Å². The van der Waals surface area contributed by atoms with E-state index in [1.807, 2.05) is 31.4 Å². The maximum absolute atomic E-state index is 13.6. The minimum atomic E-state index is -0.766. The van der Waals surface area contributed by atoms with E-state index >= 15 is 0 Å². The quantitative estimate of drug-likeness (QED) is 0.242. The Morgan fingerprint density at radius 3 is 2.12 bits per heavy atom. The number of aldehydes is 1. The van der Waals surface area contributed by atoms with Crippen molar-refractivity contribution in [3.05, 3.63) is 60.3 Å². The summed E-state index contributed by atoms with van der Waals surface area (Å²) in [6, 6.07) is 14.2. The number of ether oxygens (including phenoxy) is 2. The first kappa shape index (κ1) is 26.9. The number of benzene rings is 2. The molecule has 0 aliphatic heterocycles. The Labute approximate surface area is 231 Å². The van der Waals surface area contributed by atoms with Gasteiger partial charge >= 0.3 is 12.2 Å². The van der Waals surface area contributed by atoms with Crippen LogP contribution in [-0.2, 0) is 16.5 Å². The first-order chi connectivity index (χ1) is 18.7. The van der Waals surface area contributed by atoms with Crippen molar-refractivity contribution in [2.45, 2.75) is 52.7 Å². The van der Waals surface area contributed by atoms with Crippen LogP contribution in [0.2, 0.25) is 0 Å². The molecule has 3 aromatic heterocycles. The van der Waals surface area contributed by atoms with Gasteiger partial charge in [-0.05, 0) is 84.0 Å². The molecule has 3 heterocycles. The van der Waals surface area contributed by atoms with Crippen LogP contribution < -0.4 is 0 Å². The molecular weight excluding hydrogens is 510 g/mol. The molecule has 10 nitrogen and oxygen atoms in total. The molecule has 40 heavy (non-hydrogen) atoms. The van der Waals surface area contributed by atoms with Crippen LogP contribution in [0.25, 0.3) is 44.5 Å². The van der Waals surface area contributed by atoms with E-state index in [-0.39, 0.29) is 0 Å². The molecule has 0 fully saturated rings. The molecular formula is C30H31N5O5. The highest BCUT2D eigenvalue weighted by molar-refractivity contribution is 6.04. The van der Waals surface area contributed by atoms with Crippen molar-refractivity contribution in [1.82, 2.24) is 24.1 Å². The van der Waals surface area contributed by atoms with E-state index in [0.717, 1.165) is 17.5 Å². The highest BCUT2D eigenvalue weighted by Gasteiger charge is 2.28. The third-order valence-electron chi connectivity index (χ3n) is 6.04. The maximum atomic E-state index is 13.6. The van der Waals surface area contributed by atoms with Gasteiger partial charge < -0.3 is 9.47 Å². The summed E-state index contributed by atoms with van der Waals surface area (Å²) < 4.78 is 15.7. The number of aryl methyl sites for hydroxylation is 1. The number of nitrogens with zero attached hydrogens (tertiary/aromatic N) is 5. The summed E-state index contributed by atoms with van der Waals surface area (Å²) in [5.74, 6) is 0.